The molecule has 1 fully saturated rings. The van der Waals surface area contributed by atoms with Gasteiger partial charge in [0.2, 0.25) is 0 Å². The molecular formula is C26H46O9. The third kappa shape index (κ3) is 15.3. The van der Waals surface area contributed by atoms with Crippen LogP contribution in [0.4, 0.5) is 0 Å². The molecule has 4 N–H and O–H groups in total. The topological polar surface area (TPSA) is 143 Å². The van der Waals surface area contributed by atoms with E-state index in [0.29, 0.717) is 6.61 Å². The Morgan fingerprint density at radius 3 is 1.89 bits per heavy atom. The number of carboxylic acids is 1. The third-order valence-corrected chi connectivity index (χ3v) is 6.09. The fraction of sp³-hybridized carbons (Fsp3) is 0.846. The van der Waals surface area contributed by atoms with Crippen molar-refractivity contribution in [1.82, 2.24) is 0 Å². The molecule has 1 saturated heterocycles. The summed E-state index contributed by atoms with van der Waals surface area (Å²) in [5.74, 6) is -1.22. The number of hydrogen-bond acceptors (Lipinski definition) is 8. The number of esters is 1. The molecule has 0 radical (unpaired) electrons. The quantitative estimate of drug-likeness (QED) is 0.112. The van der Waals surface area contributed by atoms with Crippen LogP contribution in [0.1, 0.15) is 96.8 Å². The van der Waals surface area contributed by atoms with Crippen LogP contribution in [0, 0.1) is 0 Å². The molecule has 5 atom stereocenters. The van der Waals surface area contributed by atoms with Crippen molar-refractivity contribution in [2.24, 2.45) is 0 Å². The zero-order valence-corrected chi connectivity index (χ0v) is 21.2. The minimum Gasteiger partial charge on any atom is -0.481 e. The number of allylic oxidation sites excluding steroid dienone is 2. The van der Waals surface area contributed by atoms with Crippen molar-refractivity contribution in [3.05, 3.63) is 12.2 Å². The first kappa shape index (κ1) is 31.5. The van der Waals surface area contributed by atoms with Gasteiger partial charge < -0.3 is 34.6 Å². The first-order chi connectivity index (χ1) is 16.8. The van der Waals surface area contributed by atoms with Crippen molar-refractivity contribution < 1.29 is 44.2 Å². The zero-order chi connectivity index (χ0) is 25.9. The zero-order valence-electron chi connectivity index (χ0n) is 21.2. The molecule has 0 aliphatic carbocycles. The molecule has 9 heteroatoms. The van der Waals surface area contributed by atoms with Gasteiger partial charge in [0, 0.05) is 20.0 Å². The molecule has 1 heterocycles. The number of aliphatic carboxylic acids is 1. The molecule has 1 aliphatic heterocycles. The van der Waals surface area contributed by atoms with Crippen LogP contribution in [-0.2, 0) is 23.8 Å². The molecule has 0 aromatic rings. The number of ether oxygens (including phenoxy) is 3. The van der Waals surface area contributed by atoms with Crippen molar-refractivity contribution in [1.29, 1.82) is 0 Å². The van der Waals surface area contributed by atoms with Crippen molar-refractivity contribution in [3.63, 3.8) is 0 Å². The van der Waals surface area contributed by atoms with Gasteiger partial charge in [-0.3, -0.25) is 9.59 Å². The van der Waals surface area contributed by atoms with Gasteiger partial charge in [-0.05, 0) is 38.5 Å². The average molecular weight is 503 g/mol. The molecule has 35 heavy (non-hydrogen) atoms. The van der Waals surface area contributed by atoms with Crippen LogP contribution >= 0.6 is 0 Å². The average Bonchev–Trinajstić information content (AvgIpc) is 2.82. The van der Waals surface area contributed by atoms with Crippen molar-refractivity contribution in [2.45, 2.75) is 128 Å². The predicted octanol–water partition coefficient (Wildman–Crippen LogP) is 3.48. The van der Waals surface area contributed by atoms with Crippen LogP contribution in [0.15, 0.2) is 12.2 Å². The highest BCUT2D eigenvalue weighted by Crippen LogP contribution is 2.23. The van der Waals surface area contributed by atoms with Gasteiger partial charge in [-0.2, -0.15) is 0 Å². The van der Waals surface area contributed by atoms with E-state index in [1.807, 2.05) is 0 Å². The number of carbonyl (C=O) groups excluding carboxylic acids is 1. The van der Waals surface area contributed by atoms with Crippen molar-refractivity contribution in [2.75, 3.05) is 13.2 Å². The predicted molar refractivity (Wildman–Crippen MR) is 131 cm³/mol. The second-order valence-corrected chi connectivity index (χ2v) is 9.27. The summed E-state index contributed by atoms with van der Waals surface area (Å²) in [6.07, 6.45) is 12.4. The van der Waals surface area contributed by atoms with E-state index < -0.39 is 42.6 Å². The Hall–Kier alpha value is -1.52. The standard InChI is InChI=1S/C26H46O9/c1-20(27)34-19-21-23(30)24(31)25(32)26(35-21)33-18-16-14-12-10-8-6-4-2-3-5-7-9-11-13-15-17-22(28)29/h2-3,21,23-26,30-32H,4-19H2,1H3,(H,28,29)/b3-2-/t21-,23-,24+,25-,26-/m1/s1. The monoisotopic (exact) mass is 502 g/mol. The van der Waals surface area contributed by atoms with Crippen LogP contribution in [0.2, 0.25) is 0 Å². The van der Waals surface area contributed by atoms with E-state index in [-0.39, 0.29) is 13.0 Å². The summed E-state index contributed by atoms with van der Waals surface area (Å²) in [5, 5.41) is 38.6. The molecule has 0 bridgehead atoms. The highest BCUT2D eigenvalue weighted by Gasteiger charge is 2.44. The Labute approximate surface area is 209 Å². The van der Waals surface area contributed by atoms with E-state index in [1.165, 1.54) is 26.2 Å². The summed E-state index contributed by atoms with van der Waals surface area (Å²) in [7, 11) is 0. The third-order valence-electron chi connectivity index (χ3n) is 6.09. The molecule has 0 spiro atoms. The molecule has 1 aliphatic rings. The maximum atomic E-state index is 11.0. The van der Waals surface area contributed by atoms with E-state index in [9.17, 15) is 24.9 Å². The summed E-state index contributed by atoms with van der Waals surface area (Å²) in [4.78, 5) is 21.4. The molecule has 0 unspecified atom stereocenters. The molecule has 0 saturated carbocycles. The Balaban J connectivity index is 1.97. The lowest BCUT2D eigenvalue weighted by atomic mass is 9.99. The lowest BCUT2D eigenvalue weighted by Gasteiger charge is -2.39. The SMILES string of the molecule is CC(=O)OC[C@H]1O[C@@H](OCCCCCCCC/C=C\CCCCCCCC(=O)O)[C@H](O)[C@@H](O)[C@@H]1O. The summed E-state index contributed by atoms with van der Waals surface area (Å²) in [6.45, 7) is 1.39. The van der Waals surface area contributed by atoms with Crippen LogP contribution < -0.4 is 0 Å². The Bertz CT molecular complexity index is 595. The maximum absolute atomic E-state index is 11.0. The number of aliphatic hydroxyl groups excluding tert-OH is 3. The maximum Gasteiger partial charge on any atom is 0.303 e. The van der Waals surface area contributed by atoms with Gasteiger partial charge in [0.25, 0.3) is 0 Å². The van der Waals surface area contributed by atoms with Gasteiger partial charge in [-0.25, -0.2) is 0 Å². The van der Waals surface area contributed by atoms with Gasteiger partial charge in [-0.15, -0.1) is 0 Å². The first-order valence-electron chi connectivity index (χ1n) is 13.1. The number of carboxylic acid groups (broad SMARTS) is 1. The van der Waals surface area contributed by atoms with Crippen LogP contribution in [-0.4, -0.2) is 76.3 Å². The van der Waals surface area contributed by atoms with Gasteiger partial charge >= 0.3 is 11.9 Å². The number of hydrogen-bond donors (Lipinski definition) is 4. The van der Waals surface area contributed by atoms with E-state index in [0.717, 1.165) is 64.2 Å². The normalized spacial score (nSPS) is 24.6. The smallest absolute Gasteiger partial charge is 0.303 e. The first-order valence-corrected chi connectivity index (χ1v) is 13.1. The number of unbranched alkanes of at least 4 members (excludes halogenated alkanes) is 11. The molecule has 1 rings (SSSR count). The highest BCUT2D eigenvalue weighted by molar-refractivity contribution is 5.66. The molecule has 204 valence electrons. The van der Waals surface area contributed by atoms with E-state index in [4.69, 9.17) is 19.3 Å². The van der Waals surface area contributed by atoms with E-state index in [2.05, 4.69) is 12.2 Å². The second-order valence-electron chi connectivity index (χ2n) is 9.27. The van der Waals surface area contributed by atoms with Crippen molar-refractivity contribution >= 4 is 11.9 Å². The second kappa shape index (κ2) is 19.6. The number of rotatable bonds is 20. The largest absolute Gasteiger partial charge is 0.481 e. The highest BCUT2D eigenvalue weighted by atomic mass is 16.7. The molecular weight excluding hydrogens is 456 g/mol. The Morgan fingerprint density at radius 2 is 1.31 bits per heavy atom. The van der Waals surface area contributed by atoms with Gasteiger partial charge in [-0.1, -0.05) is 57.1 Å². The minimum absolute atomic E-state index is 0.217. The fourth-order valence-corrected chi connectivity index (χ4v) is 3.97. The van der Waals surface area contributed by atoms with E-state index in [1.54, 1.807) is 0 Å². The van der Waals surface area contributed by atoms with Gasteiger partial charge in [0.05, 0.1) is 0 Å². The fourth-order valence-electron chi connectivity index (χ4n) is 3.97. The summed E-state index contributed by atoms with van der Waals surface area (Å²) < 4.78 is 15.9. The molecule has 0 aromatic carbocycles. The minimum atomic E-state index is -1.43. The number of aliphatic hydroxyl groups is 3. The Morgan fingerprint density at radius 1 is 0.771 bits per heavy atom. The molecule has 0 amide bonds. The van der Waals surface area contributed by atoms with Crippen molar-refractivity contribution in [3.8, 4) is 0 Å². The van der Waals surface area contributed by atoms with Gasteiger partial charge in [0.15, 0.2) is 6.29 Å². The van der Waals surface area contributed by atoms with Crippen LogP contribution in [0.25, 0.3) is 0 Å². The lowest BCUT2D eigenvalue weighted by molar-refractivity contribution is -0.301. The summed E-state index contributed by atoms with van der Waals surface area (Å²) >= 11 is 0. The summed E-state index contributed by atoms with van der Waals surface area (Å²) in [6, 6.07) is 0. The Kier molecular flexibility index (Phi) is 17.7. The van der Waals surface area contributed by atoms with E-state index >= 15 is 0 Å². The van der Waals surface area contributed by atoms with Crippen LogP contribution in [0.3, 0.4) is 0 Å². The van der Waals surface area contributed by atoms with Gasteiger partial charge in [0.1, 0.15) is 31.0 Å². The van der Waals surface area contributed by atoms with Crippen LogP contribution in [0.5, 0.6) is 0 Å². The molecule has 9 nitrogen and oxygen atoms in total. The summed E-state index contributed by atoms with van der Waals surface area (Å²) in [5.41, 5.74) is 0. The molecule has 0 aromatic heterocycles. The lowest BCUT2D eigenvalue weighted by Crippen LogP contribution is -2.59. The number of carbonyl (C=O) groups is 2.